The Hall–Kier alpha value is -1.40. The summed E-state index contributed by atoms with van der Waals surface area (Å²) in [5.41, 5.74) is 1.55. The average molecular weight is 341 g/mol. The molecule has 1 aromatic carbocycles. The summed E-state index contributed by atoms with van der Waals surface area (Å²) in [4.78, 5) is 29.1. The topological polar surface area (TPSA) is 58.6 Å². The maximum Gasteiger partial charge on any atom is 0.265 e. The number of aryl methyl sites for hydroxylation is 1. The Morgan fingerprint density at radius 1 is 1.45 bits per heavy atom. The summed E-state index contributed by atoms with van der Waals surface area (Å²) in [6.45, 7) is 3.09. The Bertz CT molecular complexity index is 513. The van der Waals surface area contributed by atoms with E-state index in [1.807, 2.05) is 19.1 Å². The monoisotopic (exact) mass is 340 g/mol. The molecule has 0 saturated carbocycles. The zero-order valence-electron chi connectivity index (χ0n) is 11.3. The highest BCUT2D eigenvalue weighted by molar-refractivity contribution is 9.10. The molecule has 1 fully saturated rings. The first-order valence-corrected chi connectivity index (χ1v) is 7.41. The van der Waals surface area contributed by atoms with Crippen LogP contribution < -0.4 is 5.32 Å². The fourth-order valence-corrected chi connectivity index (χ4v) is 2.41. The van der Waals surface area contributed by atoms with Crippen molar-refractivity contribution in [3.8, 4) is 0 Å². The van der Waals surface area contributed by atoms with Crippen molar-refractivity contribution in [2.45, 2.75) is 19.8 Å². The minimum atomic E-state index is -0.240. The van der Waals surface area contributed by atoms with Crippen LogP contribution in [-0.2, 0) is 16.1 Å². The number of halogens is 1. The van der Waals surface area contributed by atoms with E-state index in [2.05, 4.69) is 21.2 Å². The SMILES string of the molecule is CCc1ccc(Br)cc1C(=O)NCC(=O)N1CCCO1. The number of benzene rings is 1. The van der Waals surface area contributed by atoms with Gasteiger partial charge in [-0.2, -0.15) is 0 Å². The van der Waals surface area contributed by atoms with E-state index in [4.69, 9.17) is 4.84 Å². The van der Waals surface area contributed by atoms with Crippen LogP contribution in [0, 0.1) is 0 Å². The van der Waals surface area contributed by atoms with Gasteiger partial charge in [-0.25, -0.2) is 5.06 Å². The number of hydrogen-bond acceptors (Lipinski definition) is 3. The van der Waals surface area contributed by atoms with E-state index in [1.165, 1.54) is 5.06 Å². The Kier molecular flexibility index (Phi) is 5.14. The van der Waals surface area contributed by atoms with Crippen LogP contribution in [0.25, 0.3) is 0 Å². The van der Waals surface area contributed by atoms with Crippen LogP contribution in [0.2, 0.25) is 0 Å². The summed E-state index contributed by atoms with van der Waals surface area (Å²) in [6.07, 6.45) is 1.60. The van der Waals surface area contributed by atoms with E-state index < -0.39 is 0 Å². The molecule has 108 valence electrons. The molecule has 0 aliphatic carbocycles. The Labute approximate surface area is 126 Å². The molecular formula is C14H17BrN2O3. The molecule has 0 atom stereocenters. The van der Waals surface area contributed by atoms with E-state index in [1.54, 1.807) is 6.07 Å². The molecule has 20 heavy (non-hydrogen) atoms. The highest BCUT2D eigenvalue weighted by atomic mass is 79.9. The number of carbonyl (C=O) groups excluding carboxylic acids is 2. The number of carbonyl (C=O) groups is 2. The van der Waals surface area contributed by atoms with Crippen LogP contribution in [0.5, 0.6) is 0 Å². The highest BCUT2D eigenvalue weighted by Crippen LogP contribution is 2.17. The Balaban J connectivity index is 1.97. The first kappa shape index (κ1) is 15.0. The van der Waals surface area contributed by atoms with Crippen molar-refractivity contribution < 1.29 is 14.4 Å². The predicted molar refractivity (Wildman–Crippen MR) is 78.1 cm³/mol. The molecule has 1 aliphatic rings. The number of hydrogen-bond donors (Lipinski definition) is 1. The van der Waals surface area contributed by atoms with Gasteiger partial charge in [-0.1, -0.05) is 28.9 Å². The second kappa shape index (κ2) is 6.85. The van der Waals surface area contributed by atoms with Crippen LogP contribution in [0.15, 0.2) is 22.7 Å². The van der Waals surface area contributed by atoms with Crippen molar-refractivity contribution in [3.63, 3.8) is 0 Å². The predicted octanol–water partition coefficient (Wildman–Crippen LogP) is 1.91. The van der Waals surface area contributed by atoms with Gasteiger partial charge in [0.05, 0.1) is 19.7 Å². The first-order chi connectivity index (χ1) is 9.61. The maximum absolute atomic E-state index is 12.2. The molecular weight excluding hydrogens is 324 g/mol. The van der Waals surface area contributed by atoms with Crippen molar-refractivity contribution in [2.24, 2.45) is 0 Å². The van der Waals surface area contributed by atoms with Gasteiger partial charge in [-0.15, -0.1) is 0 Å². The van der Waals surface area contributed by atoms with Gasteiger partial charge in [0, 0.05) is 10.0 Å². The van der Waals surface area contributed by atoms with Crippen LogP contribution in [0.4, 0.5) is 0 Å². The van der Waals surface area contributed by atoms with Gasteiger partial charge in [0.25, 0.3) is 11.8 Å². The summed E-state index contributed by atoms with van der Waals surface area (Å²) in [6, 6.07) is 5.58. The fraction of sp³-hybridized carbons (Fsp3) is 0.429. The molecule has 5 nitrogen and oxygen atoms in total. The van der Waals surface area contributed by atoms with Gasteiger partial charge < -0.3 is 5.32 Å². The molecule has 1 aromatic rings. The molecule has 6 heteroatoms. The molecule has 1 N–H and O–H groups in total. The Morgan fingerprint density at radius 3 is 2.90 bits per heavy atom. The van der Waals surface area contributed by atoms with Crippen molar-refractivity contribution in [2.75, 3.05) is 19.7 Å². The maximum atomic E-state index is 12.2. The third-order valence-corrected chi connectivity index (χ3v) is 3.62. The molecule has 1 saturated heterocycles. The van der Waals surface area contributed by atoms with E-state index in [-0.39, 0.29) is 18.4 Å². The highest BCUT2D eigenvalue weighted by Gasteiger charge is 2.20. The van der Waals surface area contributed by atoms with Gasteiger partial charge in [0.15, 0.2) is 0 Å². The summed E-state index contributed by atoms with van der Waals surface area (Å²) in [5.74, 6) is -0.459. The zero-order chi connectivity index (χ0) is 14.5. The normalized spacial score (nSPS) is 14.4. The van der Waals surface area contributed by atoms with Gasteiger partial charge in [-0.3, -0.25) is 14.4 Å². The zero-order valence-corrected chi connectivity index (χ0v) is 12.9. The van der Waals surface area contributed by atoms with E-state index in [0.29, 0.717) is 18.7 Å². The van der Waals surface area contributed by atoms with Crippen LogP contribution >= 0.6 is 15.9 Å². The summed E-state index contributed by atoms with van der Waals surface area (Å²) >= 11 is 3.35. The third-order valence-electron chi connectivity index (χ3n) is 3.13. The number of nitrogens with one attached hydrogen (secondary N) is 1. The van der Waals surface area contributed by atoms with Gasteiger partial charge >= 0.3 is 0 Å². The average Bonchev–Trinajstić information content (AvgIpc) is 2.98. The number of hydroxylamine groups is 2. The number of nitrogens with zero attached hydrogens (tertiary/aromatic N) is 1. The molecule has 1 heterocycles. The molecule has 1 aliphatic heterocycles. The lowest BCUT2D eigenvalue weighted by atomic mass is 10.0. The molecule has 0 unspecified atom stereocenters. The van der Waals surface area contributed by atoms with Crippen LogP contribution in [0.1, 0.15) is 29.3 Å². The quantitative estimate of drug-likeness (QED) is 0.910. The molecule has 0 spiro atoms. The van der Waals surface area contributed by atoms with Gasteiger partial charge in [0.2, 0.25) is 0 Å². The lowest BCUT2D eigenvalue weighted by Crippen LogP contribution is -2.38. The third kappa shape index (κ3) is 3.58. The summed E-state index contributed by atoms with van der Waals surface area (Å²) in [7, 11) is 0. The molecule has 0 radical (unpaired) electrons. The lowest BCUT2D eigenvalue weighted by Gasteiger charge is -2.14. The van der Waals surface area contributed by atoms with E-state index >= 15 is 0 Å². The second-order valence-electron chi connectivity index (χ2n) is 4.52. The second-order valence-corrected chi connectivity index (χ2v) is 5.44. The summed E-state index contributed by atoms with van der Waals surface area (Å²) < 4.78 is 0.842. The van der Waals surface area contributed by atoms with Gasteiger partial charge in [0.1, 0.15) is 0 Å². The number of rotatable bonds is 4. The van der Waals surface area contributed by atoms with Gasteiger partial charge in [-0.05, 0) is 30.5 Å². The largest absolute Gasteiger partial charge is 0.343 e. The standard InChI is InChI=1S/C14H17BrN2O3/c1-2-10-4-5-11(15)8-12(10)14(19)16-9-13(18)17-6-3-7-20-17/h4-5,8H,2-3,6-7,9H2,1H3,(H,16,19). The van der Waals surface area contributed by atoms with Crippen LogP contribution in [0.3, 0.4) is 0 Å². The van der Waals surface area contributed by atoms with Crippen molar-refractivity contribution in [3.05, 3.63) is 33.8 Å². The first-order valence-electron chi connectivity index (χ1n) is 6.61. The van der Waals surface area contributed by atoms with E-state index in [9.17, 15) is 9.59 Å². The molecule has 2 amide bonds. The van der Waals surface area contributed by atoms with Crippen molar-refractivity contribution >= 4 is 27.7 Å². The molecule has 2 rings (SSSR count). The smallest absolute Gasteiger partial charge is 0.265 e. The van der Waals surface area contributed by atoms with Crippen molar-refractivity contribution in [1.82, 2.24) is 10.4 Å². The Morgan fingerprint density at radius 2 is 2.25 bits per heavy atom. The number of amides is 2. The lowest BCUT2D eigenvalue weighted by molar-refractivity contribution is -0.167. The minimum absolute atomic E-state index is 0.0471. The fourth-order valence-electron chi connectivity index (χ4n) is 2.05. The van der Waals surface area contributed by atoms with E-state index in [0.717, 1.165) is 22.9 Å². The summed E-state index contributed by atoms with van der Waals surface area (Å²) in [5, 5.41) is 3.95. The van der Waals surface area contributed by atoms with Crippen molar-refractivity contribution in [1.29, 1.82) is 0 Å². The molecule has 0 aromatic heterocycles. The molecule has 0 bridgehead atoms. The van der Waals surface area contributed by atoms with Crippen LogP contribution in [-0.4, -0.2) is 36.6 Å². The minimum Gasteiger partial charge on any atom is -0.343 e.